The highest BCUT2D eigenvalue weighted by atomic mass is 32.2. The number of hydrogen-bond donors (Lipinski definition) is 2. The zero-order chi connectivity index (χ0) is 18.8. The number of rotatable bonds is 17. The van der Waals surface area contributed by atoms with Crippen molar-refractivity contribution in [2.45, 2.75) is 90.4 Å². The van der Waals surface area contributed by atoms with Gasteiger partial charge in [-0.2, -0.15) is 8.42 Å². The largest absolute Gasteiger partial charge is 0.355 e. The monoisotopic (exact) mass is 375 g/mol. The van der Waals surface area contributed by atoms with Crippen LogP contribution in [-0.4, -0.2) is 31.2 Å². The molecule has 0 aliphatic heterocycles. The fourth-order valence-corrected chi connectivity index (χ4v) is 2.95. The zero-order valence-corrected chi connectivity index (χ0v) is 16.7. The average molecular weight is 376 g/mol. The summed E-state index contributed by atoms with van der Waals surface area (Å²) in [6, 6.07) is 0. The molecule has 0 rings (SSSR count). The maximum absolute atomic E-state index is 11.5. The second-order valence-corrected chi connectivity index (χ2v) is 8.19. The SMILES string of the molecule is CCCCCC=CCCCCCCCCCC(=O)NCCS(=O)(=O)O. The number of carbonyl (C=O) groups excluding carboxylic acids is 1. The van der Waals surface area contributed by atoms with Crippen LogP contribution in [0.3, 0.4) is 0 Å². The molecule has 0 saturated heterocycles. The van der Waals surface area contributed by atoms with Crippen molar-refractivity contribution in [3.05, 3.63) is 12.2 Å². The minimum Gasteiger partial charge on any atom is -0.355 e. The zero-order valence-electron chi connectivity index (χ0n) is 15.8. The van der Waals surface area contributed by atoms with Crippen LogP contribution in [0, 0.1) is 0 Å². The molecule has 148 valence electrons. The number of carbonyl (C=O) groups is 1. The van der Waals surface area contributed by atoms with Crippen molar-refractivity contribution >= 4 is 16.0 Å². The highest BCUT2D eigenvalue weighted by Gasteiger charge is 2.06. The molecule has 0 radical (unpaired) electrons. The van der Waals surface area contributed by atoms with Crippen LogP contribution in [0.1, 0.15) is 90.4 Å². The standard InChI is InChI=1S/C19H37NO4S/c1-2-3-4-5-6-7-8-9-10-11-12-13-14-15-16-19(21)20-17-18-25(22,23)24/h6-7H,2-5,8-18H2,1H3,(H,20,21)(H,22,23,24). The van der Waals surface area contributed by atoms with Gasteiger partial charge in [-0.3, -0.25) is 9.35 Å². The van der Waals surface area contributed by atoms with Gasteiger partial charge in [-0.1, -0.05) is 64.0 Å². The summed E-state index contributed by atoms with van der Waals surface area (Å²) in [6.45, 7) is 2.21. The Morgan fingerprint density at radius 2 is 1.40 bits per heavy atom. The quantitative estimate of drug-likeness (QED) is 0.220. The van der Waals surface area contributed by atoms with Crippen molar-refractivity contribution < 1.29 is 17.8 Å². The lowest BCUT2D eigenvalue weighted by atomic mass is 10.1. The molecule has 0 unspecified atom stereocenters. The minimum atomic E-state index is -3.99. The van der Waals surface area contributed by atoms with Crippen LogP contribution in [0.5, 0.6) is 0 Å². The molecule has 0 aromatic heterocycles. The highest BCUT2D eigenvalue weighted by molar-refractivity contribution is 7.85. The van der Waals surface area contributed by atoms with Gasteiger partial charge in [-0.05, 0) is 32.1 Å². The molecule has 0 aliphatic carbocycles. The Morgan fingerprint density at radius 3 is 1.96 bits per heavy atom. The van der Waals surface area contributed by atoms with Gasteiger partial charge in [0.05, 0.1) is 5.75 Å². The molecule has 0 atom stereocenters. The third kappa shape index (κ3) is 21.1. The average Bonchev–Trinajstić information content (AvgIpc) is 2.54. The maximum atomic E-state index is 11.5. The van der Waals surface area contributed by atoms with Crippen LogP contribution in [0.15, 0.2) is 12.2 Å². The van der Waals surface area contributed by atoms with E-state index in [9.17, 15) is 13.2 Å². The van der Waals surface area contributed by atoms with Gasteiger partial charge >= 0.3 is 0 Å². The van der Waals surface area contributed by atoms with Crippen LogP contribution in [0.2, 0.25) is 0 Å². The Hall–Kier alpha value is -0.880. The second kappa shape index (κ2) is 16.6. The number of allylic oxidation sites excluding steroid dienone is 2. The van der Waals surface area contributed by atoms with Gasteiger partial charge in [-0.25, -0.2) is 0 Å². The molecular weight excluding hydrogens is 338 g/mol. The molecule has 0 aliphatic rings. The fourth-order valence-electron chi connectivity index (χ4n) is 2.59. The summed E-state index contributed by atoms with van der Waals surface area (Å²) in [4.78, 5) is 11.5. The fraction of sp³-hybridized carbons (Fsp3) is 0.842. The molecule has 0 fully saturated rings. The van der Waals surface area contributed by atoms with Crippen LogP contribution in [0.25, 0.3) is 0 Å². The molecule has 0 spiro atoms. The Morgan fingerprint density at radius 1 is 0.880 bits per heavy atom. The molecule has 0 saturated carbocycles. The van der Waals surface area contributed by atoms with Crippen LogP contribution < -0.4 is 5.32 Å². The first-order valence-corrected chi connectivity index (χ1v) is 11.4. The van der Waals surface area contributed by atoms with E-state index in [2.05, 4.69) is 24.4 Å². The molecule has 0 aromatic carbocycles. The molecule has 0 heterocycles. The van der Waals surface area contributed by atoms with E-state index in [1.807, 2.05) is 0 Å². The number of unbranched alkanes of at least 4 members (excludes halogenated alkanes) is 10. The third-order valence-electron chi connectivity index (χ3n) is 4.10. The molecule has 5 nitrogen and oxygen atoms in total. The summed E-state index contributed by atoms with van der Waals surface area (Å²) in [6.07, 6.45) is 19.4. The van der Waals surface area contributed by atoms with Gasteiger partial charge in [0.1, 0.15) is 0 Å². The van der Waals surface area contributed by atoms with E-state index in [1.165, 1.54) is 57.8 Å². The summed E-state index contributed by atoms with van der Waals surface area (Å²) in [5.74, 6) is -0.568. The van der Waals surface area contributed by atoms with E-state index in [4.69, 9.17) is 4.55 Å². The van der Waals surface area contributed by atoms with Crippen LogP contribution >= 0.6 is 0 Å². The Bertz CT molecular complexity index is 446. The summed E-state index contributed by atoms with van der Waals surface area (Å²) < 4.78 is 29.6. The van der Waals surface area contributed by atoms with E-state index in [-0.39, 0.29) is 12.5 Å². The van der Waals surface area contributed by atoms with Gasteiger partial charge in [0, 0.05) is 13.0 Å². The molecular formula is C19H37NO4S. The second-order valence-electron chi connectivity index (χ2n) is 6.62. The van der Waals surface area contributed by atoms with E-state index >= 15 is 0 Å². The lowest BCUT2D eigenvalue weighted by Crippen LogP contribution is -2.28. The summed E-state index contributed by atoms with van der Waals surface area (Å²) in [7, 11) is -3.99. The molecule has 0 bridgehead atoms. The summed E-state index contributed by atoms with van der Waals surface area (Å²) in [5, 5.41) is 2.50. The molecule has 2 N–H and O–H groups in total. The van der Waals surface area contributed by atoms with Crippen molar-refractivity contribution in [2.75, 3.05) is 12.3 Å². The van der Waals surface area contributed by atoms with Crippen LogP contribution in [-0.2, 0) is 14.9 Å². The molecule has 0 aromatic rings. The lowest BCUT2D eigenvalue weighted by Gasteiger charge is -2.04. The maximum Gasteiger partial charge on any atom is 0.266 e. The van der Waals surface area contributed by atoms with Gasteiger partial charge in [0.15, 0.2) is 0 Å². The van der Waals surface area contributed by atoms with Gasteiger partial charge < -0.3 is 5.32 Å². The lowest BCUT2D eigenvalue weighted by molar-refractivity contribution is -0.121. The van der Waals surface area contributed by atoms with Crippen LogP contribution in [0.4, 0.5) is 0 Å². The normalized spacial score (nSPS) is 11.9. The van der Waals surface area contributed by atoms with E-state index < -0.39 is 15.9 Å². The van der Waals surface area contributed by atoms with Gasteiger partial charge in [0.2, 0.25) is 5.91 Å². The molecule has 1 amide bonds. The Balaban J connectivity index is 3.27. The minimum absolute atomic E-state index is 0.0231. The Kier molecular flexibility index (Phi) is 16.0. The van der Waals surface area contributed by atoms with Crippen molar-refractivity contribution in [3.63, 3.8) is 0 Å². The first kappa shape index (κ1) is 24.1. The van der Waals surface area contributed by atoms with Gasteiger partial charge in [-0.15, -0.1) is 0 Å². The van der Waals surface area contributed by atoms with Gasteiger partial charge in [0.25, 0.3) is 10.1 Å². The third-order valence-corrected chi connectivity index (χ3v) is 4.82. The highest BCUT2D eigenvalue weighted by Crippen LogP contribution is 2.10. The first-order chi connectivity index (χ1) is 12.0. The van der Waals surface area contributed by atoms with Crippen molar-refractivity contribution in [3.8, 4) is 0 Å². The summed E-state index contributed by atoms with van der Waals surface area (Å²) in [5.41, 5.74) is 0. The molecule has 6 heteroatoms. The molecule has 25 heavy (non-hydrogen) atoms. The first-order valence-electron chi connectivity index (χ1n) is 9.82. The smallest absolute Gasteiger partial charge is 0.266 e. The van der Waals surface area contributed by atoms with Crippen molar-refractivity contribution in [2.24, 2.45) is 0 Å². The van der Waals surface area contributed by atoms with E-state index in [0.29, 0.717) is 6.42 Å². The van der Waals surface area contributed by atoms with Crippen molar-refractivity contribution in [1.29, 1.82) is 0 Å². The topological polar surface area (TPSA) is 83.5 Å². The predicted octanol–water partition coefficient (Wildman–Crippen LogP) is 4.64. The number of amides is 1. The van der Waals surface area contributed by atoms with E-state index in [1.54, 1.807) is 0 Å². The number of hydrogen-bond acceptors (Lipinski definition) is 3. The van der Waals surface area contributed by atoms with Crippen molar-refractivity contribution in [1.82, 2.24) is 5.32 Å². The predicted molar refractivity (Wildman–Crippen MR) is 104 cm³/mol. The Labute approximate surface area is 154 Å². The van der Waals surface area contributed by atoms with E-state index in [0.717, 1.165) is 19.3 Å². The summed E-state index contributed by atoms with van der Waals surface area (Å²) >= 11 is 0. The number of nitrogens with one attached hydrogen (secondary N) is 1.